The van der Waals surface area contributed by atoms with Crippen LogP contribution in [0.15, 0.2) is 85.1 Å². The molecule has 0 saturated carbocycles. The van der Waals surface area contributed by atoms with E-state index in [1.165, 1.54) is 161 Å². The molecule has 1 amide bonds. The number of rotatable bonds is 57. The van der Waals surface area contributed by atoms with E-state index in [1.54, 1.807) is 0 Å². The van der Waals surface area contributed by atoms with Crippen molar-refractivity contribution in [3.05, 3.63) is 85.1 Å². The fourth-order valence-corrected chi connectivity index (χ4v) is 9.75. The average molecular weight is 1070 g/mol. The predicted octanol–water partition coefficient (Wildman–Crippen LogP) is 19.0. The number of nitrogens with zero attached hydrogens (tertiary/aromatic N) is 1. The zero-order valence-corrected chi connectivity index (χ0v) is 50.6. The third-order valence-electron chi connectivity index (χ3n) is 13.9. The van der Waals surface area contributed by atoms with Crippen molar-refractivity contribution in [3.8, 4) is 0 Å². The maximum Gasteiger partial charge on any atom is 0.268 e. The predicted molar refractivity (Wildman–Crippen MR) is 325 cm³/mol. The summed E-state index contributed by atoms with van der Waals surface area (Å²) < 4.78 is 23.5. The molecule has 9 heteroatoms. The highest BCUT2D eigenvalue weighted by molar-refractivity contribution is 7.45. The number of amides is 1. The topological polar surface area (TPSA) is 108 Å². The Hall–Kier alpha value is -2.32. The lowest BCUT2D eigenvalue weighted by Gasteiger charge is -2.30. The fourth-order valence-electron chi connectivity index (χ4n) is 9.02. The van der Waals surface area contributed by atoms with Crippen LogP contribution in [0.4, 0.5) is 0 Å². The van der Waals surface area contributed by atoms with Crippen LogP contribution in [-0.4, -0.2) is 68.5 Å². The minimum atomic E-state index is -4.59. The van der Waals surface area contributed by atoms with Gasteiger partial charge in [0.05, 0.1) is 39.9 Å². The lowest BCUT2D eigenvalue weighted by molar-refractivity contribution is -0.870. The van der Waals surface area contributed by atoms with Crippen LogP contribution in [0.25, 0.3) is 0 Å². The van der Waals surface area contributed by atoms with Crippen LogP contribution < -0.4 is 10.2 Å². The summed E-state index contributed by atoms with van der Waals surface area (Å²) in [4.78, 5) is 25.6. The number of hydrogen-bond donors (Lipinski definition) is 2. The molecular weight excluding hydrogens is 948 g/mol. The number of phosphoric ester groups is 1. The summed E-state index contributed by atoms with van der Waals surface area (Å²) in [7, 11) is 1.28. The molecule has 0 spiro atoms. The highest BCUT2D eigenvalue weighted by Gasteiger charge is 2.24. The molecular formula is C66H121N2O6P. The van der Waals surface area contributed by atoms with Crippen LogP contribution in [-0.2, 0) is 18.4 Å². The molecule has 0 aliphatic rings. The summed E-state index contributed by atoms with van der Waals surface area (Å²) in [5.74, 6) is -0.196. The summed E-state index contributed by atoms with van der Waals surface area (Å²) in [5, 5.41) is 14.0. The lowest BCUT2D eigenvalue weighted by Crippen LogP contribution is -2.46. The molecule has 75 heavy (non-hydrogen) atoms. The van der Waals surface area contributed by atoms with Crippen LogP contribution >= 0.6 is 7.82 Å². The molecule has 0 fully saturated rings. The zero-order chi connectivity index (χ0) is 54.9. The van der Waals surface area contributed by atoms with E-state index in [0.29, 0.717) is 23.9 Å². The Kier molecular flexibility index (Phi) is 54.7. The Morgan fingerprint density at radius 3 is 1.17 bits per heavy atom. The van der Waals surface area contributed by atoms with Crippen LogP contribution in [0, 0.1) is 0 Å². The number of likely N-dealkylation sites (N-methyl/N-ethyl adjacent to an activating group) is 1. The van der Waals surface area contributed by atoms with Crippen LogP contribution in [0.3, 0.4) is 0 Å². The first kappa shape index (κ1) is 72.7. The molecule has 0 bridgehead atoms. The average Bonchev–Trinajstić information content (AvgIpc) is 3.37. The molecule has 0 rings (SSSR count). The van der Waals surface area contributed by atoms with Gasteiger partial charge in [0.25, 0.3) is 7.82 Å². The molecule has 0 aromatic carbocycles. The summed E-state index contributed by atoms with van der Waals surface area (Å²) in [5.41, 5.74) is 0. The minimum absolute atomic E-state index is 0.00118. The van der Waals surface area contributed by atoms with Gasteiger partial charge in [-0.15, -0.1) is 0 Å². The second-order valence-corrected chi connectivity index (χ2v) is 23.8. The first-order valence-corrected chi connectivity index (χ1v) is 32.9. The summed E-state index contributed by atoms with van der Waals surface area (Å²) >= 11 is 0. The first-order valence-electron chi connectivity index (χ1n) is 31.4. The molecule has 3 atom stereocenters. The third-order valence-corrected chi connectivity index (χ3v) is 14.9. The summed E-state index contributed by atoms with van der Waals surface area (Å²) in [6.45, 7) is 4.60. The van der Waals surface area contributed by atoms with E-state index in [9.17, 15) is 19.4 Å². The number of quaternary nitrogens is 1. The van der Waals surface area contributed by atoms with Crippen molar-refractivity contribution >= 4 is 13.7 Å². The van der Waals surface area contributed by atoms with E-state index in [1.807, 2.05) is 21.1 Å². The van der Waals surface area contributed by atoms with Gasteiger partial charge in [0, 0.05) is 6.42 Å². The molecule has 0 aliphatic carbocycles. The number of allylic oxidation sites excluding steroid dienone is 14. The molecule has 0 aromatic rings. The van der Waals surface area contributed by atoms with Gasteiger partial charge in [-0.2, -0.15) is 0 Å². The van der Waals surface area contributed by atoms with Crippen molar-refractivity contribution in [1.82, 2.24) is 5.32 Å². The van der Waals surface area contributed by atoms with E-state index >= 15 is 0 Å². The minimum Gasteiger partial charge on any atom is -0.756 e. The Labute approximate surface area is 465 Å². The van der Waals surface area contributed by atoms with Gasteiger partial charge >= 0.3 is 0 Å². The number of nitrogens with one attached hydrogen (secondary N) is 1. The van der Waals surface area contributed by atoms with E-state index in [0.717, 1.165) is 89.9 Å². The quantitative estimate of drug-likeness (QED) is 0.0272. The Balaban J connectivity index is 4.19. The smallest absolute Gasteiger partial charge is 0.268 e. The van der Waals surface area contributed by atoms with Gasteiger partial charge in [0.15, 0.2) is 0 Å². The lowest BCUT2D eigenvalue weighted by atomic mass is 10.0. The normalized spacial score (nSPS) is 14.4. The van der Waals surface area contributed by atoms with E-state index in [4.69, 9.17) is 9.05 Å². The number of phosphoric acid groups is 1. The maximum atomic E-state index is 13.0. The van der Waals surface area contributed by atoms with E-state index in [2.05, 4.69) is 104 Å². The van der Waals surface area contributed by atoms with Crippen molar-refractivity contribution in [2.75, 3.05) is 40.9 Å². The maximum absolute atomic E-state index is 13.0. The summed E-state index contributed by atoms with van der Waals surface area (Å²) in [6, 6.07) is -0.826. The first-order chi connectivity index (χ1) is 36.5. The van der Waals surface area contributed by atoms with Crippen molar-refractivity contribution in [1.29, 1.82) is 0 Å². The number of aliphatic hydroxyl groups is 1. The van der Waals surface area contributed by atoms with Gasteiger partial charge < -0.3 is 28.8 Å². The standard InChI is InChI=1S/C66H121N2O6P/c1-6-8-10-12-14-16-18-20-22-24-26-28-30-32-33-34-36-37-39-41-43-45-47-49-51-53-55-57-59-65(69)64(63-74-75(71,72)73-62-61-68(3,4)5)67-66(70)60-58-56-54-52-50-48-46-44-42-40-38-35-31-29-27-25-23-21-19-17-15-13-11-9-7-2/h9,11,15,17,21,23,27,29,35,38,42,44,48,50,64-65,69H,6-8,10,12-14,16,18-20,22,24-26,28,30-34,36-37,39-41,43,45-47,49,51-63H2,1-5H3,(H-,67,70,71,72)/b11-9-,17-15-,23-21-,29-27-,38-35-,44-42-,50-48-. The van der Waals surface area contributed by atoms with Crippen LogP contribution in [0.1, 0.15) is 277 Å². The SMILES string of the molecule is CC/C=C\C/C=C\C/C=C\C/C=C\C/C=C\C/C=C\C/C=C\CCCCCC(=O)NC(COP(=O)([O-])OCC[N+](C)(C)C)C(O)CCCCCCCCCCCCCCCCCCCCCCCCCCCCCC. The van der Waals surface area contributed by atoms with Gasteiger partial charge in [-0.25, -0.2) is 0 Å². The van der Waals surface area contributed by atoms with E-state index in [-0.39, 0.29) is 19.1 Å². The number of aliphatic hydroxyl groups excluding tert-OH is 1. The molecule has 0 heterocycles. The van der Waals surface area contributed by atoms with Gasteiger partial charge in [0.1, 0.15) is 13.2 Å². The second kappa shape index (κ2) is 56.4. The third kappa shape index (κ3) is 59.2. The Bertz CT molecular complexity index is 1500. The van der Waals surface area contributed by atoms with Crippen molar-refractivity contribution in [3.63, 3.8) is 0 Å². The molecule has 0 saturated heterocycles. The number of carbonyl (C=O) groups excluding carboxylic acids is 1. The Morgan fingerprint density at radius 1 is 0.480 bits per heavy atom. The molecule has 0 aliphatic heterocycles. The van der Waals surface area contributed by atoms with Gasteiger partial charge in [-0.05, 0) is 70.6 Å². The van der Waals surface area contributed by atoms with Gasteiger partial charge in [-0.3, -0.25) is 9.36 Å². The Morgan fingerprint density at radius 2 is 0.813 bits per heavy atom. The van der Waals surface area contributed by atoms with Gasteiger partial charge in [-0.1, -0.05) is 285 Å². The van der Waals surface area contributed by atoms with E-state index < -0.39 is 20.0 Å². The van der Waals surface area contributed by atoms with Crippen molar-refractivity contribution in [2.45, 2.75) is 289 Å². The zero-order valence-electron chi connectivity index (χ0n) is 49.7. The largest absolute Gasteiger partial charge is 0.756 e. The molecule has 8 nitrogen and oxygen atoms in total. The summed E-state index contributed by atoms with van der Waals surface area (Å²) in [6.07, 6.45) is 79.2. The molecule has 0 aromatic heterocycles. The second-order valence-electron chi connectivity index (χ2n) is 22.4. The highest BCUT2D eigenvalue weighted by Crippen LogP contribution is 2.38. The molecule has 436 valence electrons. The van der Waals surface area contributed by atoms with Crippen molar-refractivity contribution < 1.29 is 32.9 Å². The number of hydrogen-bond acceptors (Lipinski definition) is 6. The number of carbonyl (C=O) groups is 1. The monoisotopic (exact) mass is 1070 g/mol. The van der Waals surface area contributed by atoms with Crippen LogP contribution in [0.5, 0.6) is 0 Å². The fraction of sp³-hybridized carbons (Fsp3) is 0.773. The van der Waals surface area contributed by atoms with Crippen molar-refractivity contribution in [2.24, 2.45) is 0 Å². The molecule has 0 radical (unpaired) electrons. The highest BCUT2D eigenvalue weighted by atomic mass is 31.2. The molecule has 2 N–H and O–H groups in total. The number of unbranched alkanes of at least 4 members (excludes halogenated alkanes) is 30. The van der Waals surface area contributed by atoms with Crippen LogP contribution in [0.2, 0.25) is 0 Å². The van der Waals surface area contributed by atoms with Gasteiger partial charge in [0.2, 0.25) is 5.91 Å². The molecule has 3 unspecified atom stereocenters.